The fraction of sp³-hybridized carbons (Fsp3) is 0.0361. The van der Waals surface area contributed by atoms with Crippen molar-refractivity contribution in [3.63, 3.8) is 0 Å². The van der Waals surface area contributed by atoms with Crippen molar-refractivity contribution in [1.82, 2.24) is 4.57 Å². The smallest absolute Gasteiger partial charge is 0.0725 e. The lowest BCUT2D eigenvalue weighted by Crippen LogP contribution is -2.25. The monoisotopic (exact) mass is 1080 g/mol. The van der Waals surface area contributed by atoms with E-state index in [1.54, 1.807) is 0 Å². The number of hydrogen-bond acceptors (Lipinski definition) is 1. The Morgan fingerprint density at radius 1 is 0.282 bits per heavy atom. The number of anilines is 3. The highest BCUT2D eigenvalue weighted by Crippen LogP contribution is 2.65. The van der Waals surface area contributed by atoms with Gasteiger partial charge in [-0.3, -0.25) is 0 Å². The second-order valence-corrected chi connectivity index (χ2v) is 23.4. The minimum atomic E-state index is -0.430. The third kappa shape index (κ3) is 6.54. The first-order chi connectivity index (χ1) is 42.1. The summed E-state index contributed by atoms with van der Waals surface area (Å²) in [6.07, 6.45) is 4.23. The van der Waals surface area contributed by atoms with Gasteiger partial charge in [-0.1, -0.05) is 224 Å². The normalized spacial score (nSPS) is 13.8. The van der Waals surface area contributed by atoms with E-state index in [1.165, 1.54) is 128 Å². The zero-order chi connectivity index (χ0) is 56.0. The number of para-hydroxylation sites is 1. The summed E-state index contributed by atoms with van der Waals surface area (Å²) >= 11 is 0. The highest BCUT2D eigenvalue weighted by atomic mass is 15.1. The van der Waals surface area contributed by atoms with Gasteiger partial charge in [0.05, 0.1) is 21.9 Å². The molecule has 0 fully saturated rings. The molecule has 0 saturated carbocycles. The maximum absolute atomic E-state index is 2.52. The first kappa shape index (κ1) is 47.8. The number of rotatable bonds is 7. The zero-order valence-electron chi connectivity index (χ0n) is 46.8. The molecule has 0 N–H and O–H groups in total. The number of benzene rings is 13. The van der Waals surface area contributed by atoms with E-state index < -0.39 is 10.8 Å². The molecule has 85 heavy (non-hydrogen) atoms. The van der Waals surface area contributed by atoms with Gasteiger partial charge in [-0.15, -0.1) is 0 Å². The molecule has 14 aromatic rings. The molecule has 0 atom stereocenters. The molecule has 0 unspecified atom stereocenters. The van der Waals surface area contributed by atoms with Gasteiger partial charge in [-0.25, -0.2) is 0 Å². The second kappa shape index (κ2) is 18.1. The van der Waals surface area contributed by atoms with E-state index in [0.717, 1.165) is 33.8 Å². The van der Waals surface area contributed by atoms with Crippen LogP contribution in [0.15, 0.2) is 303 Å². The predicted molar refractivity (Wildman–Crippen MR) is 354 cm³/mol. The highest BCUT2D eigenvalue weighted by Gasteiger charge is 2.53. The van der Waals surface area contributed by atoms with Crippen molar-refractivity contribution >= 4 is 44.9 Å². The van der Waals surface area contributed by atoms with Crippen LogP contribution in [0.5, 0.6) is 0 Å². The van der Waals surface area contributed by atoms with Gasteiger partial charge in [0.2, 0.25) is 0 Å². The van der Waals surface area contributed by atoms with Crippen molar-refractivity contribution in [2.24, 2.45) is 0 Å². The summed E-state index contributed by atoms with van der Waals surface area (Å²) in [6.45, 7) is 2.06. The maximum Gasteiger partial charge on any atom is 0.0725 e. The van der Waals surface area contributed by atoms with E-state index >= 15 is 0 Å². The molecule has 18 rings (SSSR count). The van der Waals surface area contributed by atoms with Crippen LogP contribution in [0.3, 0.4) is 0 Å². The van der Waals surface area contributed by atoms with Crippen LogP contribution >= 0.6 is 0 Å². The molecule has 0 radical (unpaired) electrons. The summed E-state index contributed by atoms with van der Waals surface area (Å²) in [5.74, 6) is 0. The average molecular weight is 1080 g/mol. The number of allylic oxidation sites excluding steroid dienone is 1. The minimum Gasteiger partial charge on any atom is -0.311 e. The number of hydrogen-bond donors (Lipinski definition) is 0. The van der Waals surface area contributed by atoms with Gasteiger partial charge in [0, 0.05) is 33.5 Å². The molecule has 1 aromatic heterocycles. The molecule has 396 valence electrons. The first-order valence-electron chi connectivity index (χ1n) is 29.8. The Labute approximate surface area is 495 Å². The fourth-order valence-electron chi connectivity index (χ4n) is 15.9. The van der Waals surface area contributed by atoms with Crippen LogP contribution < -0.4 is 4.90 Å². The number of aromatic nitrogens is 1. The Bertz CT molecular complexity index is 4750. The summed E-state index contributed by atoms with van der Waals surface area (Å²) in [5, 5.41) is 2.42. The summed E-state index contributed by atoms with van der Waals surface area (Å²) in [7, 11) is 0. The Morgan fingerprint density at radius 2 is 0.600 bits per heavy atom. The largest absolute Gasteiger partial charge is 0.311 e. The lowest BCUT2D eigenvalue weighted by atomic mass is 9.70. The Balaban J connectivity index is 0.829. The van der Waals surface area contributed by atoms with E-state index in [4.69, 9.17) is 0 Å². The van der Waals surface area contributed by atoms with E-state index in [0.29, 0.717) is 0 Å². The molecule has 2 nitrogen and oxygen atoms in total. The summed E-state index contributed by atoms with van der Waals surface area (Å²) in [6, 6.07) is 112. The van der Waals surface area contributed by atoms with Crippen LogP contribution in [0.2, 0.25) is 0 Å². The van der Waals surface area contributed by atoms with Crippen molar-refractivity contribution in [1.29, 1.82) is 0 Å². The van der Waals surface area contributed by atoms with Gasteiger partial charge >= 0.3 is 0 Å². The minimum absolute atomic E-state index is 0.430. The van der Waals surface area contributed by atoms with Crippen molar-refractivity contribution in [3.05, 3.63) is 353 Å². The van der Waals surface area contributed by atoms with Crippen LogP contribution in [0, 0.1) is 0 Å². The molecule has 1 heterocycles. The summed E-state index contributed by atoms with van der Waals surface area (Å²) in [5.41, 5.74) is 33.1. The highest BCUT2D eigenvalue weighted by molar-refractivity contribution is 6.12. The lowest BCUT2D eigenvalue weighted by Gasteiger charge is -2.30. The first-order valence-corrected chi connectivity index (χ1v) is 29.8. The predicted octanol–water partition coefficient (Wildman–Crippen LogP) is 21.3. The third-order valence-electron chi connectivity index (χ3n) is 19.3. The number of nitrogens with zero attached hydrogens (tertiary/aromatic N) is 2. The van der Waals surface area contributed by atoms with E-state index in [-0.39, 0.29) is 0 Å². The van der Waals surface area contributed by atoms with Crippen molar-refractivity contribution < 1.29 is 0 Å². The lowest BCUT2D eigenvalue weighted by molar-refractivity contribution is 0.794. The number of fused-ring (bicyclic) bond motifs is 23. The average Bonchev–Trinajstić information content (AvgIpc) is 1.86. The Morgan fingerprint density at radius 3 is 0.988 bits per heavy atom. The molecule has 0 bridgehead atoms. The van der Waals surface area contributed by atoms with Gasteiger partial charge < -0.3 is 9.47 Å². The van der Waals surface area contributed by atoms with Gasteiger partial charge in [0.25, 0.3) is 0 Å². The van der Waals surface area contributed by atoms with Gasteiger partial charge in [-0.2, -0.15) is 0 Å². The maximum atomic E-state index is 2.52. The molecule has 4 aliphatic rings. The molecule has 0 aliphatic heterocycles. The third-order valence-corrected chi connectivity index (χ3v) is 19.3. The Kier molecular flexibility index (Phi) is 10.2. The molecule has 13 aromatic carbocycles. The van der Waals surface area contributed by atoms with Crippen LogP contribution in [-0.4, -0.2) is 4.57 Å². The van der Waals surface area contributed by atoms with E-state index in [1.807, 2.05) is 0 Å². The van der Waals surface area contributed by atoms with E-state index in [9.17, 15) is 0 Å². The molecule has 2 heteroatoms. The second-order valence-electron chi connectivity index (χ2n) is 23.4. The van der Waals surface area contributed by atoms with Crippen LogP contribution in [0.1, 0.15) is 57.0 Å². The fourth-order valence-corrected chi connectivity index (χ4v) is 15.9. The van der Waals surface area contributed by atoms with Crippen LogP contribution in [0.4, 0.5) is 17.1 Å². The van der Waals surface area contributed by atoms with Crippen LogP contribution in [0.25, 0.3) is 100 Å². The van der Waals surface area contributed by atoms with Crippen LogP contribution in [-0.2, 0) is 10.8 Å². The molecule has 0 saturated heterocycles. The molecule has 2 spiro atoms. The quantitative estimate of drug-likeness (QED) is 0.154. The molecular weight excluding hydrogens is 1020 g/mol. The van der Waals surface area contributed by atoms with Gasteiger partial charge in [-0.05, 0) is 209 Å². The van der Waals surface area contributed by atoms with Crippen molar-refractivity contribution in [2.75, 3.05) is 4.90 Å². The summed E-state index contributed by atoms with van der Waals surface area (Å²) in [4.78, 5) is 2.34. The van der Waals surface area contributed by atoms with Gasteiger partial charge in [0.1, 0.15) is 0 Å². The SMILES string of the molecule is C/C=C/c1ccc(N(c2ccccc2)c2ccc(-n3c4ccc(-c5ccc6c(c5)C5(c7ccccc7-c7ccccc75)c5ccccc5-6)cc4c4cc(-c5ccc6c(c5)C5(c7ccccc7-c7ccccc75)c5ccccc5-6)ccc43)cc2)cc1. The van der Waals surface area contributed by atoms with E-state index in [2.05, 4.69) is 326 Å². The van der Waals surface area contributed by atoms with Gasteiger partial charge in [0.15, 0.2) is 0 Å². The summed E-state index contributed by atoms with van der Waals surface area (Å²) < 4.78 is 2.47. The van der Waals surface area contributed by atoms with Crippen molar-refractivity contribution in [3.8, 4) is 72.4 Å². The standard InChI is InChI=1S/C83H54N2/c1-2-18-53-33-39-59(40-34-53)84(58-19-4-3-5-20-58)60-41-43-61(44-42-60)85-80-47-37-54(56-35-45-68-66-25-10-16-31-76(66)82(78(68)51-56)72-27-12-6-21-62(72)63-22-7-13-28-73(63)82)49-70(80)71-50-55(38-48-81(71)85)57-36-46-69-67-26-11-17-32-77(67)83(79(69)52-57)74-29-14-8-23-64(74)65-24-9-15-30-75(65)83/h2-52H,1H3/b18-2+. The molecule has 0 amide bonds. The molecule has 4 aliphatic carbocycles. The topological polar surface area (TPSA) is 8.17 Å². The zero-order valence-corrected chi connectivity index (χ0v) is 46.8. The Hall–Kier alpha value is -10.8. The van der Waals surface area contributed by atoms with Crippen molar-refractivity contribution in [2.45, 2.75) is 17.8 Å². The molecular formula is C83H54N2.